The fraction of sp³-hybridized carbons (Fsp3) is 0.368. The van der Waals surface area contributed by atoms with E-state index in [1.165, 1.54) is 5.56 Å². The summed E-state index contributed by atoms with van der Waals surface area (Å²) in [6.45, 7) is 6.76. The number of hydrogen-bond donors (Lipinski definition) is 2. The first kappa shape index (κ1) is 20.8. The van der Waals surface area contributed by atoms with Crippen LogP contribution in [0.4, 0.5) is 0 Å². The molecular formula is C19H25ClN6O. The van der Waals surface area contributed by atoms with E-state index >= 15 is 0 Å². The van der Waals surface area contributed by atoms with Crippen LogP contribution < -0.4 is 11.1 Å². The molecule has 0 aliphatic heterocycles. The minimum absolute atomic E-state index is 0. The van der Waals surface area contributed by atoms with Gasteiger partial charge in [0.05, 0.1) is 6.54 Å². The maximum Gasteiger partial charge on any atom is 0.252 e. The first-order valence-electron chi connectivity index (χ1n) is 8.72. The Balaban J connectivity index is 0.00000261. The van der Waals surface area contributed by atoms with Gasteiger partial charge in [-0.05, 0) is 38.3 Å². The second kappa shape index (κ2) is 8.92. The smallest absolute Gasteiger partial charge is 0.252 e. The maximum atomic E-state index is 12.2. The standard InChI is InChI=1S/C19H24N6O.ClH/c1-12-4-6-15(7-5-12)11-21-18(26)9-8-16-13(2)22-19-23-17(10-20)24-25(19)14(16)3;/h4-7H,8-11,20H2,1-3H3,(H,21,26);1H. The van der Waals surface area contributed by atoms with Crippen LogP contribution in [0, 0.1) is 20.8 Å². The van der Waals surface area contributed by atoms with Crippen molar-refractivity contribution in [3.63, 3.8) is 0 Å². The summed E-state index contributed by atoms with van der Waals surface area (Å²) < 4.78 is 1.70. The molecule has 1 aromatic carbocycles. The van der Waals surface area contributed by atoms with Gasteiger partial charge in [-0.15, -0.1) is 17.5 Å². The monoisotopic (exact) mass is 388 g/mol. The molecular weight excluding hydrogens is 364 g/mol. The lowest BCUT2D eigenvalue weighted by molar-refractivity contribution is -0.121. The van der Waals surface area contributed by atoms with E-state index in [0.29, 0.717) is 31.0 Å². The minimum Gasteiger partial charge on any atom is -0.352 e. The Kier molecular flexibility index (Phi) is 6.87. The number of nitrogens with one attached hydrogen (secondary N) is 1. The molecule has 3 aromatic rings. The first-order valence-corrected chi connectivity index (χ1v) is 8.72. The number of aryl methyl sites for hydroxylation is 3. The Hall–Kier alpha value is -2.51. The van der Waals surface area contributed by atoms with Gasteiger partial charge in [0.25, 0.3) is 5.78 Å². The first-order chi connectivity index (χ1) is 12.5. The van der Waals surface area contributed by atoms with Gasteiger partial charge in [0.15, 0.2) is 5.82 Å². The van der Waals surface area contributed by atoms with Crippen LogP contribution in [0.5, 0.6) is 0 Å². The minimum atomic E-state index is 0. The number of amides is 1. The van der Waals surface area contributed by atoms with E-state index in [9.17, 15) is 4.79 Å². The van der Waals surface area contributed by atoms with Crippen LogP contribution in [-0.2, 0) is 24.3 Å². The number of carbonyl (C=O) groups excluding carboxylic acids is 1. The highest BCUT2D eigenvalue weighted by Gasteiger charge is 2.14. The molecule has 0 radical (unpaired) electrons. The van der Waals surface area contributed by atoms with Crippen molar-refractivity contribution in [2.45, 2.75) is 46.7 Å². The average Bonchev–Trinajstić information content (AvgIpc) is 3.04. The van der Waals surface area contributed by atoms with Gasteiger partial charge < -0.3 is 11.1 Å². The summed E-state index contributed by atoms with van der Waals surface area (Å²) in [5.41, 5.74) is 10.8. The van der Waals surface area contributed by atoms with Crippen LogP contribution in [0.15, 0.2) is 24.3 Å². The van der Waals surface area contributed by atoms with Gasteiger partial charge in [0, 0.05) is 24.4 Å². The molecule has 0 spiro atoms. The number of nitrogens with zero attached hydrogens (tertiary/aromatic N) is 4. The van der Waals surface area contributed by atoms with Crippen molar-refractivity contribution in [3.8, 4) is 0 Å². The van der Waals surface area contributed by atoms with E-state index in [-0.39, 0.29) is 24.9 Å². The summed E-state index contributed by atoms with van der Waals surface area (Å²) in [5, 5.41) is 7.33. The molecule has 8 heteroatoms. The van der Waals surface area contributed by atoms with Gasteiger partial charge in [-0.2, -0.15) is 4.98 Å². The van der Waals surface area contributed by atoms with Crippen molar-refractivity contribution >= 4 is 24.1 Å². The van der Waals surface area contributed by atoms with Crippen LogP contribution in [-0.4, -0.2) is 25.5 Å². The molecule has 3 N–H and O–H groups in total. The number of fused-ring (bicyclic) bond motifs is 1. The molecule has 0 aliphatic carbocycles. The Morgan fingerprint density at radius 1 is 1.15 bits per heavy atom. The number of benzene rings is 1. The Morgan fingerprint density at radius 2 is 1.85 bits per heavy atom. The average molecular weight is 389 g/mol. The molecule has 0 atom stereocenters. The van der Waals surface area contributed by atoms with Gasteiger partial charge in [-0.3, -0.25) is 4.79 Å². The van der Waals surface area contributed by atoms with Crippen LogP contribution in [0.2, 0.25) is 0 Å². The molecule has 7 nitrogen and oxygen atoms in total. The van der Waals surface area contributed by atoms with Crippen molar-refractivity contribution in [3.05, 3.63) is 58.2 Å². The number of carbonyl (C=O) groups is 1. The Bertz CT molecular complexity index is 936. The molecule has 0 unspecified atom stereocenters. The van der Waals surface area contributed by atoms with Gasteiger partial charge in [-0.25, -0.2) is 9.50 Å². The summed E-state index contributed by atoms with van der Waals surface area (Å²) in [4.78, 5) is 21.0. The highest BCUT2D eigenvalue weighted by Crippen LogP contribution is 2.15. The quantitative estimate of drug-likeness (QED) is 0.674. The molecule has 2 aromatic heterocycles. The molecule has 1 amide bonds. The van der Waals surface area contributed by atoms with Gasteiger partial charge >= 0.3 is 0 Å². The summed E-state index contributed by atoms with van der Waals surface area (Å²) in [7, 11) is 0. The molecule has 144 valence electrons. The lowest BCUT2D eigenvalue weighted by atomic mass is 10.1. The van der Waals surface area contributed by atoms with Crippen molar-refractivity contribution < 1.29 is 4.79 Å². The zero-order valence-electron chi connectivity index (χ0n) is 15.8. The number of nitrogens with two attached hydrogens (primary N) is 1. The van der Waals surface area contributed by atoms with E-state index in [4.69, 9.17) is 5.73 Å². The zero-order valence-corrected chi connectivity index (χ0v) is 16.6. The molecule has 0 fully saturated rings. The normalized spacial score (nSPS) is 10.7. The molecule has 27 heavy (non-hydrogen) atoms. The maximum absolute atomic E-state index is 12.2. The number of halogens is 1. The van der Waals surface area contributed by atoms with Crippen molar-refractivity contribution in [1.29, 1.82) is 0 Å². The summed E-state index contributed by atoms with van der Waals surface area (Å²) in [6, 6.07) is 8.15. The number of rotatable bonds is 6. The molecule has 0 aliphatic rings. The Labute approximate surface area is 164 Å². The highest BCUT2D eigenvalue weighted by molar-refractivity contribution is 5.85. The topological polar surface area (TPSA) is 98.2 Å². The number of hydrogen-bond acceptors (Lipinski definition) is 5. The molecule has 0 saturated heterocycles. The van der Waals surface area contributed by atoms with Crippen LogP contribution >= 0.6 is 12.4 Å². The number of aromatic nitrogens is 4. The fourth-order valence-electron chi connectivity index (χ4n) is 2.93. The van der Waals surface area contributed by atoms with Crippen LogP contribution in [0.1, 0.15) is 40.3 Å². The lowest BCUT2D eigenvalue weighted by Gasteiger charge is -2.10. The molecule has 0 saturated carbocycles. The molecule has 2 heterocycles. The van der Waals surface area contributed by atoms with E-state index in [0.717, 1.165) is 22.5 Å². The van der Waals surface area contributed by atoms with E-state index in [1.807, 2.05) is 45.0 Å². The zero-order chi connectivity index (χ0) is 18.7. The van der Waals surface area contributed by atoms with Crippen LogP contribution in [0.25, 0.3) is 5.78 Å². The summed E-state index contributed by atoms with van der Waals surface area (Å²) in [6.07, 6.45) is 1.01. The van der Waals surface area contributed by atoms with Crippen molar-refractivity contribution in [1.82, 2.24) is 24.9 Å². The van der Waals surface area contributed by atoms with Gasteiger partial charge in [0.1, 0.15) is 0 Å². The third-order valence-electron chi connectivity index (χ3n) is 4.49. The second-order valence-corrected chi connectivity index (χ2v) is 6.47. The van der Waals surface area contributed by atoms with Gasteiger partial charge in [0.2, 0.25) is 5.91 Å². The largest absolute Gasteiger partial charge is 0.352 e. The van der Waals surface area contributed by atoms with Crippen molar-refractivity contribution in [2.24, 2.45) is 5.73 Å². The predicted octanol–water partition coefficient (Wildman–Crippen LogP) is 2.18. The third-order valence-corrected chi connectivity index (χ3v) is 4.49. The Morgan fingerprint density at radius 3 is 2.52 bits per heavy atom. The molecule has 3 rings (SSSR count). The summed E-state index contributed by atoms with van der Waals surface area (Å²) in [5.74, 6) is 1.13. The van der Waals surface area contributed by atoms with Gasteiger partial charge in [-0.1, -0.05) is 29.8 Å². The van der Waals surface area contributed by atoms with Crippen LogP contribution in [0.3, 0.4) is 0 Å². The van der Waals surface area contributed by atoms with E-state index in [1.54, 1.807) is 4.52 Å². The van der Waals surface area contributed by atoms with E-state index in [2.05, 4.69) is 20.4 Å². The second-order valence-electron chi connectivity index (χ2n) is 6.47. The SMILES string of the molecule is Cc1ccc(CNC(=O)CCc2c(C)nc3nc(CN)nn3c2C)cc1.Cl. The summed E-state index contributed by atoms with van der Waals surface area (Å²) >= 11 is 0. The third kappa shape index (κ3) is 4.81. The fourth-order valence-corrected chi connectivity index (χ4v) is 2.93. The highest BCUT2D eigenvalue weighted by atomic mass is 35.5. The van der Waals surface area contributed by atoms with Crippen molar-refractivity contribution in [2.75, 3.05) is 0 Å². The molecule has 0 bridgehead atoms. The van der Waals surface area contributed by atoms with E-state index < -0.39 is 0 Å². The predicted molar refractivity (Wildman–Crippen MR) is 107 cm³/mol. The lowest BCUT2D eigenvalue weighted by Crippen LogP contribution is -2.23.